The van der Waals surface area contributed by atoms with E-state index in [9.17, 15) is 0 Å². The molecule has 1 aliphatic heterocycles. The van der Waals surface area contributed by atoms with Gasteiger partial charge in [0.15, 0.2) is 0 Å². The second-order valence-electron chi connectivity index (χ2n) is 16.6. The lowest BCUT2D eigenvalue weighted by Crippen LogP contribution is -2.32. The summed E-state index contributed by atoms with van der Waals surface area (Å²) in [5.74, 6) is 1.82. The van der Waals surface area contributed by atoms with E-state index in [-0.39, 0.29) is 0 Å². The first-order valence-electron chi connectivity index (χ1n) is 20.7. The average molecular weight is 747 g/mol. The molecule has 10 aromatic rings. The largest absolute Gasteiger partial charge is 0.457 e. The Labute approximate surface area is 342 Å². The maximum absolute atomic E-state index is 7.03. The van der Waals surface area contributed by atoms with Gasteiger partial charge < -0.3 is 4.74 Å². The minimum atomic E-state index is -0.589. The second-order valence-corrected chi connectivity index (χ2v) is 16.6. The first-order chi connectivity index (χ1) is 29.3. The lowest BCUT2D eigenvalue weighted by Gasteiger charge is -2.40. The molecule has 1 heterocycles. The number of benzene rings is 10. The third kappa shape index (κ3) is 3.73. The average Bonchev–Trinajstić information content (AvgIpc) is 3.88. The fourth-order valence-electron chi connectivity index (χ4n) is 12.0. The monoisotopic (exact) mass is 746 g/mol. The van der Waals surface area contributed by atoms with Gasteiger partial charge in [-0.3, -0.25) is 0 Å². The molecule has 2 spiro atoms. The summed E-state index contributed by atoms with van der Waals surface area (Å²) < 4.78 is 7.03. The minimum absolute atomic E-state index is 0.447. The zero-order chi connectivity index (χ0) is 38.5. The van der Waals surface area contributed by atoms with Crippen LogP contribution in [0, 0.1) is 0 Å². The minimum Gasteiger partial charge on any atom is -0.457 e. The number of ether oxygens (including phenoxy) is 1. The first-order valence-corrected chi connectivity index (χ1v) is 20.7. The highest BCUT2D eigenvalue weighted by Crippen LogP contribution is 2.66. The van der Waals surface area contributed by atoms with E-state index in [1.165, 1.54) is 111 Å². The van der Waals surface area contributed by atoms with Crippen molar-refractivity contribution in [1.29, 1.82) is 0 Å². The van der Waals surface area contributed by atoms with Crippen LogP contribution in [-0.4, -0.2) is 0 Å². The van der Waals surface area contributed by atoms with Gasteiger partial charge in [-0.2, -0.15) is 0 Å². The maximum atomic E-state index is 7.03. The summed E-state index contributed by atoms with van der Waals surface area (Å²) in [5.41, 5.74) is 19.6. The van der Waals surface area contributed by atoms with Crippen LogP contribution in [0.15, 0.2) is 206 Å². The van der Waals surface area contributed by atoms with E-state index in [2.05, 4.69) is 206 Å². The highest BCUT2D eigenvalue weighted by Gasteiger charge is 2.54. The van der Waals surface area contributed by atoms with Gasteiger partial charge in [0, 0.05) is 11.1 Å². The summed E-state index contributed by atoms with van der Waals surface area (Å²) in [6.07, 6.45) is 0. The number of hydrogen-bond donors (Lipinski definition) is 0. The van der Waals surface area contributed by atoms with Gasteiger partial charge in [-0.25, -0.2) is 0 Å². The predicted octanol–water partition coefficient (Wildman–Crippen LogP) is 14.5. The molecule has 1 nitrogen and oxygen atoms in total. The molecular formula is C58H34O. The fraction of sp³-hybridized carbons (Fsp3) is 0.0345. The summed E-state index contributed by atoms with van der Waals surface area (Å²) in [5, 5.41) is 4.97. The Bertz CT molecular complexity index is 3450. The zero-order valence-corrected chi connectivity index (χ0v) is 32.0. The van der Waals surface area contributed by atoms with Gasteiger partial charge in [-0.1, -0.05) is 176 Å². The predicted molar refractivity (Wildman–Crippen MR) is 241 cm³/mol. The topological polar surface area (TPSA) is 9.23 Å². The number of hydrogen-bond acceptors (Lipinski definition) is 1. The first kappa shape index (κ1) is 31.6. The Morgan fingerprint density at radius 1 is 0.288 bits per heavy atom. The van der Waals surface area contributed by atoms with E-state index in [1.807, 2.05) is 0 Å². The van der Waals surface area contributed by atoms with Crippen LogP contribution in [0.3, 0.4) is 0 Å². The van der Waals surface area contributed by atoms with E-state index in [0.717, 1.165) is 11.5 Å². The highest BCUT2D eigenvalue weighted by atomic mass is 16.5. The van der Waals surface area contributed by atoms with E-state index < -0.39 is 10.8 Å². The molecule has 0 saturated carbocycles. The van der Waals surface area contributed by atoms with Crippen molar-refractivity contribution in [2.24, 2.45) is 0 Å². The number of fused-ring (bicyclic) bond motifs is 22. The van der Waals surface area contributed by atoms with Crippen LogP contribution in [0.1, 0.15) is 44.5 Å². The molecule has 0 aromatic heterocycles. The van der Waals surface area contributed by atoms with E-state index in [0.29, 0.717) is 0 Å². The van der Waals surface area contributed by atoms with Crippen LogP contribution in [0.4, 0.5) is 0 Å². The Morgan fingerprint density at radius 2 is 0.814 bits per heavy atom. The van der Waals surface area contributed by atoms with Crippen molar-refractivity contribution in [3.8, 4) is 56.0 Å². The van der Waals surface area contributed by atoms with E-state index in [1.54, 1.807) is 0 Å². The zero-order valence-electron chi connectivity index (χ0n) is 32.0. The molecule has 0 radical (unpaired) electrons. The van der Waals surface area contributed by atoms with Crippen molar-refractivity contribution in [2.75, 3.05) is 0 Å². The molecule has 0 fully saturated rings. The fourth-order valence-corrected chi connectivity index (χ4v) is 12.0. The van der Waals surface area contributed by atoms with Crippen molar-refractivity contribution in [3.63, 3.8) is 0 Å². The highest BCUT2D eigenvalue weighted by molar-refractivity contribution is 6.03. The van der Waals surface area contributed by atoms with Gasteiger partial charge in [0.25, 0.3) is 0 Å². The van der Waals surface area contributed by atoms with Crippen LogP contribution >= 0.6 is 0 Å². The molecule has 0 N–H and O–H groups in total. The smallest absolute Gasteiger partial charge is 0.132 e. The molecule has 1 heteroatoms. The Morgan fingerprint density at radius 3 is 1.54 bits per heavy atom. The van der Waals surface area contributed by atoms with Crippen LogP contribution in [0.25, 0.3) is 66.1 Å². The van der Waals surface area contributed by atoms with Crippen molar-refractivity contribution in [3.05, 3.63) is 251 Å². The summed E-state index contributed by atoms with van der Waals surface area (Å²) in [6.45, 7) is 0. The molecule has 0 saturated heterocycles. The van der Waals surface area contributed by atoms with Gasteiger partial charge >= 0.3 is 0 Å². The normalized spacial score (nSPS) is 16.5. The lowest BCUT2D eigenvalue weighted by molar-refractivity contribution is 0.438. The molecule has 14 rings (SSSR count). The quantitative estimate of drug-likeness (QED) is 0.163. The van der Waals surface area contributed by atoms with Crippen LogP contribution in [-0.2, 0) is 10.8 Å². The molecule has 1 unspecified atom stereocenters. The van der Waals surface area contributed by atoms with Crippen LogP contribution < -0.4 is 4.74 Å². The molecule has 272 valence electrons. The molecule has 10 aromatic carbocycles. The van der Waals surface area contributed by atoms with Crippen molar-refractivity contribution < 1.29 is 4.74 Å². The van der Waals surface area contributed by atoms with E-state index >= 15 is 0 Å². The standard InChI is InChI=1S/C58H34O/c1-2-16-37-33-51-45(32-36(37)15-1)43-20-7-9-23-46(43)57(51)49-26-12-8-21-44(49)55-39(22-13-27-50(55)57)38-29-30-53-52(34-38)58(56-40-17-4-3-14-35(40)28-31-54(56)59-53)47-24-10-5-18-41(47)42-19-6-11-25-48(42)58/h1-34H. The summed E-state index contributed by atoms with van der Waals surface area (Å²) in [6, 6.07) is 77.3. The molecular weight excluding hydrogens is 713 g/mol. The molecule has 59 heavy (non-hydrogen) atoms. The Balaban J connectivity index is 1.08. The number of rotatable bonds is 1. The van der Waals surface area contributed by atoms with Gasteiger partial charge in [-0.05, 0) is 130 Å². The van der Waals surface area contributed by atoms with Crippen molar-refractivity contribution >= 4 is 21.5 Å². The third-order valence-electron chi connectivity index (χ3n) is 14.1. The van der Waals surface area contributed by atoms with E-state index in [4.69, 9.17) is 4.74 Å². The summed E-state index contributed by atoms with van der Waals surface area (Å²) in [7, 11) is 0. The lowest BCUT2D eigenvalue weighted by atomic mass is 9.64. The summed E-state index contributed by atoms with van der Waals surface area (Å²) >= 11 is 0. The maximum Gasteiger partial charge on any atom is 0.132 e. The van der Waals surface area contributed by atoms with Gasteiger partial charge in [-0.15, -0.1) is 0 Å². The van der Waals surface area contributed by atoms with Crippen LogP contribution in [0.5, 0.6) is 11.5 Å². The second kappa shape index (κ2) is 11.1. The molecule has 0 bridgehead atoms. The summed E-state index contributed by atoms with van der Waals surface area (Å²) in [4.78, 5) is 0. The van der Waals surface area contributed by atoms with Gasteiger partial charge in [0.05, 0.1) is 10.8 Å². The van der Waals surface area contributed by atoms with Gasteiger partial charge in [0.1, 0.15) is 11.5 Å². The SMILES string of the molecule is c1ccc2c(c1)-c1cc3ccccc3cc1C21c2ccccc2-c2c(-c3ccc4c(c3)C3(c5ccccc5-c5ccccc53)c3c(ccc5ccccc35)O4)cccc21. The molecule has 1 atom stereocenters. The molecule has 3 aliphatic carbocycles. The Kier molecular flexibility index (Phi) is 5.96. The van der Waals surface area contributed by atoms with Crippen molar-refractivity contribution in [1.82, 2.24) is 0 Å². The van der Waals surface area contributed by atoms with Gasteiger partial charge in [0.2, 0.25) is 0 Å². The molecule has 0 amide bonds. The third-order valence-corrected chi connectivity index (χ3v) is 14.1. The van der Waals surface area contributed by atoms with Crippen molar-refractivity contribution in [2.45, 2.75) is 10.8 Å². The van der Waals surface area contributed by atoms with Crippen LogP contribution in [0.2, 0.25) is 0 Å². The Hall–Kier alpha value is -7.48. The molecule has 4 aliphatic rings.